The Morgan fingerprint density at radius 2 is 1.71 bits per heavy atom. The topological polar surface area (TPSA) is 72.5 Å². The van der Waals surface area contributed by atoms with E-state index in [-0.39, 0.29) is 17.5 Å². The third-order valence-corrected chi connectivity index (χ3v) is 6.33. The molecule has 5 nitrogen and oxygen atoms in total. The van der Waals surface area contributed by atoms with E-state index in [1.54, 1.807) is 6.92 Å². The Balaban J connectivity index is 2.10. The minimum atomic E-state index is -3.00. The van der Waals surface area contributed by atoms with Gasteiger partial charge in [-0.2, -0.15) is 0 Å². The molecule has 1 aliphatic carbocycles. The van der Waals surface area contributed by atoms with Crippen LogP contribution in [0.3, 0.4) is 0 Å². The zero-order chi connectivity index (χ0) is 15.3. The van der Waals surface area contributed by atoms with Crippen LogP contribution in [-0.4, -0.2) is 44.1 Å². The molecule has 2 fully saturated rings. The maximum Gasteiger partial charge on any atom is 0.326 e. The van der Waals surface area contributed by atoms with Gasteiger partial charge in [0.25, 0.3) is 0 Å². The number of nitrogens with one attached hydrogen (secondary N) is 1. The summed E-state index contributed by atoms with van der Waals surface area (Å²) < 4.78 is 28.6. The predicted octanol–water partition coefficient (Wildman–Crippen LogP) is 1.81. The Labute approximate surface area is 127 Å². The average molecular weight is 317 g/mol. The van der Waals surface area contributed by atoms with Gasteiger partial charge in [-0.15, -0.1) is 0 Å². The Morgan fingerprint density at radius 1 is 1.14 bits per heavy atom. The number of hydrogen-bond acceptors (Lipinski definition) is 5. The van der Waals surface area contributed by atoms with E-state index in [1.807, 2.05) is 0 Å². The number of sulfone groups is 1. The third kappa shape index (κ3) is 4.42. The molecule has 1 heterocycles. The molecule has 0 aromatic carbocycles. The fraction of sp³-hybridized carbons (Fsp3) is 0.933. The van der Waals surface area contributed by atoms with E-state index < -0.39 is 15.4 Å². The van der Waals surface area contributed by atoms with Gasteiger partial charge in [0.05, 0.1) is 18.1 Å². The lowest BCUT2D eigenvalue weighted by atomic mass is 9.90. The number of carbonyl (C=O) groups is 1. The summed E-state index contributed by atoms with van der Waals surface area (Å²) in [4.78, 5) is 12.4. The van der Waals surface area contributed by atoms with Gasteiger partial charge in [-0.1, -0.05) is 25.7 Å². The van der Waals surface area contributed by atoms with Crippen molar-refractivity contribution >= 4 is 15.8 Å². The predicted molar refractivity (Wildman–Crippen MR) is 81.9 cm³/mol. The van der Waals surface area contributed by atoms with Crippen molar-refractivity contribution in [2.75, 3.05) is 18.1 Å². The van der Waals surface area contributed by atoms with Crippen molar-refractivity contribution in [1.82, 2.24) is 5.32 Å². The van der Waals surface area contributed by atoms with Crippen molar-refractivity contribution < 1.29 is 17.9 Å². The lowest BCUT2D eigenvalue weighted by molar-refractivity contribution is -0.152. The van der Waals surface area contributed by atoms with E-state index in [4.69, 9.17) is 4.74 Å². The normalized spacial score (nSPS) is 26.0. The Bertz CT molecular complexity index is 438. The highest BCUT2D eigenvalue weighted by Crippen LogP contribution is 2.28. The Morgan fingerprint density at radius 3 is 2.24 bits per heavy atom. The van der Waals surface area contributed by atoms with Crippen LogP contribution in [0.1, 0.15) is 58.3 Å². The molecule has 0 bridgehead atoms. The van der Waals surface area contributed by atoms with Crippen LogP contribution in [0.15, 0.2) is 0 Å². The molecule has 122 valence electrons. The number of ether oxygens (including phenoxy) is 1. The minimum Gasteiger partial charge on any atom is -0.465 e. The number of rotatable bonds is 4. The monoisotopic (exact) mass is 317 g/mol. The van der Waals surface area contributed by atoms with Crippen LogP contribution in [0.2, 0.25) is 0 Å². The summed E-state index contributed by atoms with van der Waals surface area (Å²) >= 11 is 0. The van der Waals surface area contributed by atoms with Crippen LogP contribution in [0.5, 0.6) is 0 Å². The molecule has 2 rings (SSSR count). The van der Waals surface area contributed by atoms with Crippen molar-refractivity contribution in [2.24, 2.45) is 0 Å². The van der Waals surface area contributed by atoms with Gasteiger partial charge in [-0.05, 0) is 32.6 Å². The molecule has 0 amide bonds. The standard InChI is InChI=1S/C15H27NO4S/c1-2-20-14(17)15(9-11-21(18,19)12-10-15)16-13-7-5-3-4-6-8-13/h13,16H,2-12H2,1H3. The van der Waals surface area contributed by atoms with Gasteiger partial charge in [0, 0.05) is 6.04 Å². The summed E-state index contributed by atoms with van der Waals surface area (Å²) in [6, 6.07) is 0.303. The van der Waals surface area contributed by atoms with Gasteiger partial charge < -0.3 is 4.74 Å². The van der Waals surface area contributed by atoms with E-state index in [2.05, 4.69) is 5.32 Å². The highest BCUT2D eigenvalue weighted by molar-refractivity contribution is 7.91. The van der Waals surface area contributed by atoms with Gasteiger partial charge in [0.1, 0.15) is 15.4 Å². The molecule has 0 atom stereocenters. The summed E-state index contributed by atoms with van der Waals surface area (Å²) in [5.41, 5.74) is -0.795. The zero-order valence-electron chi connectivity index (χ0n) is 12.9. The van der Waals surface area contributed by atoms with Gasteiger partial charge in [-0.3, -0.25) is 10.1 Å². The maximum absolute atomic E-state index is 12.4. The highest BCUT2D eigenvalue weighted by Gasteiger charge is 2.45. The summed E-state index contributed by atoms with van der Waals surface area (Å²) in [6.07, 6.45) is 7.65. The molecule has 2 aliphatic rings. The minimum absolute atomic E-state index is 0.0749. The quantitative estimate of drug-likeness (QED) is 0.632. The number of esters is 1. The summed E-state index contributed by atoms with van der Waals surface area (Å²) in [5, 5.41) is 3.49. The SMILES string of the molecule is CCOC(=O)C1(NC2CCCCCC2)CCS(=O)(=O)CC1. The molecular formula is C15H27NO4S. The second-order valence-electron chi connectivity index (χ2n) is 6.29. The fourth-order valence-electron chi connectivity index (χ4n) is 3.38. The highest BCUT2D eigenvalue weighted by atomic mass is 32.2. The van der Waals surface area contributed by atoms with Gasteiger partial charge in [0.15, 0.2) is 0 Å². The Kier molecular flexibility index (Phi) is 5.66. The molecule has 0 aromatic heterocycles. The molecular weight excluding hydrogens is 290 g/mol. The fourth-order valence-corrected chi connectivity index (χ4v) is 4.90. The van der Waals surface area contributed by atoms with Crippen LogP contribution in [0.25, 0.3) is 0 Å². The Hall–Kier alpha value is -0.620. The van der Waals surface area contributed by atoms with E-state index in [1.165, 1.54) is 25.7 Å². The zero-order valence-corrected chi connectivity index (χ0v) is 13.7. The smallest absolute Gasteiger partial charge is 0.326 e. The largest absolute Gasteiger partial charge is 0.465 e. The first-order valence-electron chi connectivity index (χ1n) is 8.13. The van der Waals surface area contributed by atoms with E-state index in [9.17, 15) is 13.2 Å². The maximum atomic E-state index is 12.4. The molecule has 0 spiro atoms. The van der Waals surface area contributed by atoms with Crippen LogP contribution in [0, 0.1) is 0 Å². The molecule has 1 aliphatic heterocycles. The van der Waals surface area contributed by atoms with Gasteiger partial charge >= 0.3 is 5.97 Å². The first-order valence-corrected chi connectivity index (χ1v) is 9.95. The van der Waals surface area contributed by atoms with Crippen LogP contribution < -0.4 is 5.32 Å². The lowest BCUT2D eigenvalue weighted by Gasteiger charge is -2.38. The molecule has 1 saturated heterocycles. The van der Waals surface area contributed by atoms with Crippen molar-refractivity contribution in [3.8, 4) is 0 Å². The number of carbonyl (C=O) groups excluding carboxylic acids is 1. The van der Waals surface area contributed by atoms with Crippen molar-refractivity contribution in [3.63, 3.8) is 0 Å². The van der Waals surface area contributed by atoms with Crippen molar-refractivity contribution in [3.05, 3.63) is 0 Å². The first-order chi connectivity index (χ1) is 9.97. The summed E-state index contributed by atoms with van der Waals surface area (Å²) in [5.74, 6) is -0.124. The van der Waals surface area contributed by atoms with E-state index in [0.717, 1.165) is 12.8 Å². The second kappa shape index (κ2) is 7.09. The third-order valence-electron chi connectivity index (χ3n) is 4.68. The second-order valence-corrected chi connectivity index (χ2v) is 8.59. The van der Waals surface area contributed by atoms with E-state index in [0.29, 0.717) is 25.5 Å². The summed E-state index contributed by atoms with van der Waals surface area (Å²) in [7, 11) is -3.00. The first kappa shape index (κ1) is 16.7. The lowest BCUT2D eigenvalue weighted by Crippen LogP contribution is -2.60. The van der Waals surface area contributed by atoms with Crippen LogP contribution in [-0.2, 0) is 19.4 Å². The van der Waals surface area contributed by atoms with Gasteiger partial charge in [-0.25, -0.2) is 8.42 Å². The molecule has 21 heavy (non-hydrogen) atoms. The summed E-state index contributed by atoms with van der Waals surface area (Å²) in [6.45, 7) is 2.12. The molecule has 1 N–H and O–H groups in total. The average Bonchev–Trinajstić information content (AvgIpc) is 2.70. The number of hydrogen-bond donors (Lipinski definition) is 1. The van der Waals surface area contributed by atoms with Crippen LogP contribution >= 0.6 is 0 Å². The van der Waals surface area contributed by atoms with Crippen molar-refractivity contribution in [1.29, 1.82) is 0 Å². The molecule has 0 unspecified atom stereocenters. The van der Waals surface area contributed by atoms with Crippen molar-refractivity contribution in [2.45, 2.75) is 69.9 Å². The molecule has 6 heteroatoms. The van der Waals surface area contributed by atoms with Crippen LogP contribution in [0.4, 0.5) is 0 Å². The molecule has 0 aromatic rings. The molecule has 1 saturated carbocycles. The van der Waals surface area contributed by atoms with E-state index >= 15 is 0 Å². The molecule has 0 radical (unpaired) electrons. The van der Waals surface area contributed by atoms with Gasteiger partial charge in [0.2, 0.25) is 0 Å².